The first-order valence-corrected chi connectivity index (χ1v) is 10.3. The lowest BCUT2D eigenvalue weighted by molar-refractivity contribution is 0.630. The predicted molar refractivity (Wildman–Crippen MR) is 103 cm³/mol. The number of halogens is 1. The summed E-state index contributed by atoms with van der Waals surface area (Å²) in [6.45, 7) is 0. The molecule has 26 heavy (non-hydrogen) atoms. The fraction of sp³-hybridized carbons (Fsp3) is 0.0588. The topological polar surface area (TPSA) is 56.0 Å². The SMILES string of the molecule is Fc1ccccc1-c1nn2c(CSc3nc4ccccc4s3)nnc2s1. The van der Waals surface area contributed by atoms with Gasteiger partial charge in [0.05, 0.1) is 16.0 Å². The van der Waals surface area contributed by atoms with Crippen molar-refractivity contribution >= 4 is 49.6 Å². The highest BCUT2D eigenvalue weighted by Gasteiger charge is 2.16. The van der Waals surface area contributed by atoms with E-state index in [1.807, 2.05) is 18.2 Å². The van der Waals surface area contributed by atoms with Crippen LogP contribution in [0.3, 0.4) is 0 Å². The predicted octanol–water partition coefficient (Wildman–Crippen LogP) is 4.89. The molecule has 2 aromatic carbocycles. The molecule has 0 N–H and O–H groups in total. The molecule has 0 atom stereocenters. The van der Waals surface area contributed by atoms with E-state index in [0.29, 0.717) is 21.3 Å². The van der Waals surface area contributed by atoms with Gasteiger partial charge in [-0.2, -0.15) is 9.61 Å². The number of rotatable bonds is 4. The van der Waals surface area contributed by atoms with E-state index in [4.69, 9.17) is 0 Å². The van der Waals surface area contributed by atoms with Crippen molar-refractivity contribution < 1.29 is 4.39 Å². The Labute approximate surface area is 159 Å². The van der Waals surface area contributed by atoms with Crippen molar-refractivity contribution in [2.75, 3.05) is 0 Å². The average molecular weight is 400 g/mol. The van der Waals surface area contributed by atoms with Crippen LogP contribution < -0.4 is 0 Å². The maximum Gasteiger partial charge on any atom is 0.235 e. The molecule has 5 rings (SSSR count). The maximum atomic E-state index is 14.0. The first-order chi connectivity index (χ1) is 12.8. The van der Waals surface area contributed by atoms with Gasteiger partial charge in [-0.15, -0.1) is 21.5 Å². The quantitative estimate of drug-likeness (QED) is 0.403. The van der Waals surface area contributed by atoms with E-state index in [0.717, 1.165) is 20.4 Å². The largest absolute Gasteiger partial charge is 0.235 e. The molecule has 0 spiro atoms. The number of thioether (sulfide) groups is 1. The summed E-state index contributed by atoms with van der Waals surface area (Å²) in [6, 6.07) is 14.7. The van der Waals surface area contributed by atoms with Crippen LogP contribution in [0.1, 0.15) is 5.82 Å². The van der Waals surface area contributed by atoms with Crippen molar-refractivity contribution in [2.45, 2.75) is 10.1 Å². The summed E-state index contributed by atoms with van der Waals surface area (Å²) in [6.07, 6.45) is 0. The zero-order valence-corrected chi connectivity index (χ0v) is 15.6. The highest BCUT2D eigenvalue weighted by molar-refractivity contribution is 8.00. The van der Waals surface area contributed by atoms with E-state index in [1.165, 1.54) is 17.4 Å². The van der Waals surface area contributed by atoms with Gasteiger partial charge in [0, 0.05) is 5.56 Å². The number of benzene rings is 2. The van der Waals surface area contributed by atoms with Crippen molar-refractivity contribution in [1.82, 2.24) is 24.8 Å². The molecule has 0 aliphatic rings. The average Bonchev–Trinajstić information content (AvgIpc) is 3.34. The Balaban J connectivity index is 1.43. The highest BCUT2D eigenvalue weighted by atomic mass is 32.2. The number of hydrogen-bond acceptors (Lipinski definition) is 7. The standard InChI is InChI=1S/C17H10FN5S3/c18-11-6-2-1-5-10(11)15-22-23-14(20-21-16(23)26-15)9-24-17-19-12-7-3-4-8-13(12)25-17/h1-8H,9H2. The Kier molecular flexibility index (Phi) is 3.92. The third kappa shape index (κ3) is 2.77. The Hall–Kier alpha value is -2.36. The molecule has 0 saturated carbocycles. The molecule has 5 nitrogen and oxygen atoms in total. The number of aromatic nitrogens is 5. The van der Waals surface area contributed by atoms with E-state index in [1.54, 1.807) is 45.8 Å². The van der Waals surface area contributed by atoms with Crippen molar-refractivity contribution in [3.8, 4) is 10.6 Å². The lowest BCUT2D eigenvalue weighted by Crippen LogP contribution is -1.94. The van der Waals surface area contributed by atoms with E-state index in [-0.39, 0.29) is 5.82 Å². The summed E-state index contributed by atoms with van der Waals surface area (Å²) >= 11 is 4.58. The van der Waals surface area contributed by atoms with Crippen molar-refractivity contribution in [3.63, 3.8) is 0 Å². The molecule has 0 amide bonds. The molecule has 0 aliphatic carbocycles. The second-order valence-electron chi connectivity index (χ2n) is 5.43. The zero-order valence-electron chi connectivity index (χ0n) is 13.2. The molecule has 3 aromatic heterocycles. The van der Waals surface area contributed by atoms with Crippen LogP contribution in [0.5, 0.6) is 0 Å². The second kappa shape index (κ2) is 6.42. The van der Waals surface area contributed by atoms with Crippen LogP contribution in [0.15, 0.2) is 52.9 Å². The Bertz CT molecular complexity index is 1190. The van der Waals surface area contributed by atoms with Crippen LogP contribution in [0.4, 0.5) is 4.39 Å². The number of fused-ring (bicyclic) bond motifs is 2. The summed E-state index contributed by atoms with van der Waals surface area (Å²) in [5, 5.41) is 13.5. The Morgan fingerprint density at radius 2 is 1.85 bits per heavy atom. The minimum atomic E-state index is -0.289. The van der Waals surface area contributed by atoms with E-state index in [9.17, 15) is 4.39 Å². The first-order valence-electron chi connectivity index (χ1n) is 7.72. The molecule has 0 bridgehead atoms. The second-order valence-corrected chi connectivity index (χ2v) is 8.64. The molecular formula is C17H10FN5S3. The van der Waals surface area contributed by atoms with Gasteiger partial charge in [0.15, 0.2) is 15.2 Å². The summed E-state index contributed by atoms with van der Waals surface area (Å²) in [5.41, 5.74) is 1.48. The lowest BCUT2D eigenvalue weighted by atomic mass is 10.2. The van der Waals surface area contributed by atoms with Gasteiger partial charge < -0.3 is 0 Å². The molecule has 0 unspecified atom stereocenters. The van der Waals surface area contributed by atoms with Crippen molar-refractivity contribution in [3.05, 3.63) is 60.2 Å². The van der Waals surface area contributed by atoms with Gasteiger partial charge in [-0.25, -0.2) is 9.37 Å². The summed E-state index contributed by atoms with van der Waals surface area (Å²) in [4.78, 5) is 5.27. The van der Waals surface area contributed by atoms with Crippen LogP contribution in [0, 0.1) is 5.82 Å². The van der Waals surface area contributed by atoms with Crippen LogP contribution in [0.2, 0.25) is 0 Å². The first kappa shape index (κ1) is 15.9. The van der Waals surface area contributed by atoms with Crippen molar-refractivity contribution in [1.29, 1.82) is 0 Å². The normalized spacial score (nSPS) is 11.6. The smallest absolute Gasteiger partial charge is 0.230 e. The fourth-order valence-electron chi connectivity index (χ4n) is 2.53. The van der Waals surface area contributed by atoms with Gasteiger partial charge in [0.2, 0.25) is 4.96 Å². The van der Waals surface area contributed by atoms with Gasteiger partial charge in [0.1, 0.15) is 5.82 Å². The van der Waals surface area contributed by atoms with Gasteiger partial charge >= 0.3 is 0 Å². The molecular weight excluding hydrogens is 389 g/mol. The monoisotopic (exact) mass is 399 g/mol. The summed E-state index contributed by atoms with van der Waals surface area (Å²) in [7, 11) is 0. The van der Waals surface area contributed by atoms with Crippen LogP contribution in [0.25, 0.3) is 25.7 Å². The number of thiazole rings is 1. The fourth-order valence-corrected chi connectivity index (χ4v) is 5.39. The van der Waals surface area contributed by atoms with Gasteiger partial charge in [-0.05, 0) is 24.3 Å². The van der Waals surface area contributed by atoms with Gasteiger partial charge in [-0.3, -0.25) is 0 Å². The molecule has 0 aliphatic heterocycles. The minimum Gasteiger partial charge on any atom is -0.230 e. The van der Waals surface area contributed by atoms with Gasteiger partial charge in [-0.1, -0.05) is 47.4 Å². The van der Waals surface area contributed by atoms with E-state index >= 15 is 0 Å². The van der Waals surface area contributed by atoms with Crippen LogP contribution >= 0.6 is 34.4 Å². The molecule has 0 radical (unpaired) electrons. The maximum absolute atomic E-state index is 14.0. The summed E-state index contributed by atoms with van der Waals surface area (Å²) < 4.78 is 17.8. The van der Waals surface area contributed by atoms with Gasteiger partial charge in [0.25, 0.3) is 0 Å². The number of para-hydroxylation sites is 1. The lowest BCUT2D eigenvalue weighted by Gasteiger charge is -1.97. The Morgan fingerprint density at radius 1 is 1.00 bits per heavy atom. The third-order valence-electron chi connectivity index (χ3n) is 3.76. The van der Waals surface area contributed by atoms with Crippen LogP contribution in [-0.4, -0.2) is 24.8 Å². The zero-order chi connectivity index (χ0) is 17.5. The van der Waals surface area contributed by atoms with E-state index < -0.39 is 0 Å². The number of hydrogen-bond donors (Lipinski definition) is 0. The van der Waals surface area contributed by atoms with Crippen molar-refractivity contribution in [2.24, 2.45) is 0 Å². The molecule has 0 saturated heterocycles. The molecule has 0 fully saturated rings. The van der Waals surface area contributed by atoms with Crippen LogP contribution in [-0.2, 0) is 5.75 Å². The minimum absolute atomic E-state index is 0.289. The third-order valence-corrected chi connectivity index (χ3v) is 6.87. The molecule has 5 aromatic rings. The molecule has 128 valence electrons. The summed E-state index contributed by atoms with van der Waals surface area (Å²) in [5.74, 6) is 1.03. The molecule has 9 heteroatoms. The highest BCUT2D eigenvalue weighted by Crippen LogP contribution is 2.32. The van der Waals surface area contributed by atoms with E-state index in [2.05, 4.69) is 26.3 Å². The Morgan fingerprint density at radius 3 is 2.73 bits per heavy atom. The molecule has 3 heterocycles. The number of nitrogens with zero attached hydrogens (tertiary/aromatic N) is 5.